The summed E-state index contributed by atoms with van der Waals surface area (Å²) in [6, 6.07) is 4.83. The molecule has 2 amide bonds. The van der Waals surface area contributed by atoms with E-state index in [2.05, 4.69) is 20.9 Å². The van der Waals surface area contributed by atoms with Gasteiger partial charge in [0.25, 0.3) is 11.8 Å². The Balaban J connectivity index is 1.46. The smallest absolute Gasteiger partial charge is 0.340 e. The second kappa shape index (κ2) is 8.13. The van der Waals surface area contributed by atoms with Crippen molar-refractivity contribution in [3.63, 3.8) is 0 Å². The van der Waals surface area contributed by atoms with E-state index in [0.29, 0.717) is 30.7 Å². The van der Waals surface area contributed by atoms with E-state index >= 15 is 0 Å². The molecule has 3 heterocycles. The van der Waals surface area contributed by atoms with E-state index in [4.69, 9.17) is 9.15 Å². The van der Waals surface area contributed by atoms with Crippen LogP contribution in [0.2, 0.25) is 0 Å². The highest BCUT2D eigenvalue weighted by Crippen LogP contribution is 2.12. The number of hydrogen-bond acceptors (Lipinski definition) is 6. The fraction of sp³-hybridized carbons (Fsp3) is 0.294. The molecule has 2 aromatic rings. The first-order valence-corrected chi connectivity index (χ1v) is 8.72. The first-order valence-electron chi connectivity index (χ1n) is 7.93. The van der Waals surface area contributed by atoms with Gasteiger partial charge in [-0.1, -0.05) is 0 Å². The summed E-state index contributed by atoms with van der Waals surface area (Å²) in [4.78, 5) is 43.4. The van der Waals surface area contributed by atoms with E-state index in [0.717, 1.165) is 0 Å². The highest BCUT2D eigenvalue weighted by molar-refractivity contribution is 9.10. The molecule has 2 aromatic heterocycles. The third-order valence-electron chi connectivity index (χ3n) is 3.92. The summed E-state index contributed by atoms with van der Waals surface area (Å²) in [5.74, 6) is -0.831. The number of furan rings is 1. The van der Waals surface area contributed by atoms with Crippen LogP contribution in [0.15, 0.2) is 45.7 Å². The molecule has 0 spiro atoms. The van der Waals surface area contributed by atoms with Crippen LogP contribution in [-0.2, 0) is 9.53 Å². The van der Waals surface area contributed by atoms with Crippen molar-refractivity contribution in [3.8, 4) is 0 Å². The second-order valence-corrected chi connectivity index (χ2v) is 6.53. The molecule has 0 bridgehead atoms. The molecule has 9 heteroatoms. The lowest BCUT2D eigenvalue weighted by molar-refractivity contribution is -0.136. The Morgan fingerprint density at radius 1 is 1.15 bits per heavy atom. The number of amides is 2. The molecule has 0 atom stereocenters. The quantitative estimate of drug-likeness (QED) is 0.695. The maximum atomic E-state index is 12.2. The predicted octanol–water partition coefficient (Wildman–Crippen LogP) is 1.58. The molecule has 0 unspecified atom stereocenters. The number of esters is 1. The van der Waals surface area contributed by atoms with Crippen molar-refractivity contribution in [2.24, 2.45) is 0 Å². The third-order valence-corrected chi connectivity index (χ3v) is 4.35. The number of ether oxygens (including phenoxy) is 1. The van der Waals surface area contributed by atoms with Gasteiger partial charge in [-0.05, 0) is 34.1 Å². The average molecular weight is 422 g/mol. The van der Waals surface area contributed by atoms with E-state index < -0.39 is 5.97 Å². The zero-order valence-electron chi connectivity index (χ0n) is 13.8. The highest BCUT2D eigenvalue weighted by Gasteiger charge is 2.26. The molecule has 1 aliphatic rings. The van der Waals surface area contributed by atoms with Gasteiger partial charge >= 0.3 is 5.97 Å². The zero-order chi connectivity index (χ0) is 18.5. The van der Waals surface area contributed by atoms with E-state index in [1.807, 2.05) is 0 Å². The number of rotatable bonds is 4. The Morgan fingerprint density at radius 2 is 1.88 bits per heavy atom. The van der Waals surface area contributed by atoms with Gasteiger partial charge in [-0.15, -0.1) is 0 Å². The van der Waals surface area contributed by atoms with Crippen molar-refractivity contribution in [2.75, 3.05) is 32.8 Å². The standard InChI is InChI=1S/C17H16BrN3O5/c18-13-8-12(9-19-10-13)17(24)26-11-15(22)20-3-5-21(6-4-20)16(23)14-2-1-7-25-14/h1-2,7-10H,3-6,11H2. The first-order chi connectivity index (χ1) is 12.5. The van der Waals surface area contributed by atoms with Crippen LogP contribution in [0.5, 0.6) is 0 Å². The molecule has 0 aliphatic carbocycles. The van der Waals surface area contributed by atoms with Gasteiger partial charge in [-0.2, -0.15) is 0 Å². The molecular weight excluding hydrogens is 406 g/mol. The van der Waals surface area contributed by atoms with E-state index in [-0.39, 0.29) is 29.7 Å². The minimum atomic E-state index is -0.612. The Hall–Kier alpha value is -2.68. The maximum Gasteiger partial charge on any atom is 0.340 e. The van der Waals surface area contributed by atoms with Crippen molar-refractivity contribution in [1.82, 2.24) is 14.8 Å². The van der Waals surface area contributed by atoms with Gasteiger partial charge in [0, 0.05) is 43.0 Å². The molecule has 0 N–H and O–H groups in total. The molecule has 0 radical (unpaired) electrons. The van der Waals surface area contributed by atoms with Crippen molar-refractivity contribution in [3.05, 3.63) is 52.7 Å². The van der Waals surface area contributed by atoms with Crippen LogP contribution in [0.3, 0.4) is 0 Å². The van der Waals surface area contributed by atoms with E-state index in [1.54, 1.807) is 34.2 Å². The summed E-state index contributed by atoms with van der Waals surface area (Å²) in [6.07, 6.45) is 4.37. The summed E-state index contributed by atoms with van der Waals surface area (Å²) in [6.45, 7) is 1.20. The third kappa shape index (κ3) is 4.29. The number of halogens is 1. The van der Waals surface area contributed by atoms with Gasteiger partial charge in [0.15, 0.2) is 12.4 Å². The Kier molecular flexibility index (Phi) is 5.67. The molecule has 1 saturated heterocycles. The Morgan fingerprint density at radius 3 is 2.54 bits per heavy atom. The van der Waals surface area contributed by atoms with Crippen molar-refractivity contribution < 1.29 is 23.5 Å². The predicted molar refractivity (Wildman–Crippen MR) is 93.4 cm³/mol. The molecule has 1 fully saturated rings. The van der Waals surface area contributed by atoms with Crippen LogP contribution < -0.4 is 0 Å². The lowest BCUT2D eigenvalue weighted by Gasteiger charge is -2.34. The molecule has 0 aromatic carbocycles. The van der Waals surface area contributed by atoms with Gasteiger partial charge in [0.1, 0.15) is 0 Å². The normalized spacial score (nSPS) is 14.2. The van der Waals surface area contributed by atoms with Crippen molar-refractivity contribution in [2.45, 2.75) is 0 Å². The van der Waals surface area contributed by atoms with Crippen LogP contribution in [0, 0.1) is 0 Å². The van der Waals surface area contributed by atoms with Crippen LogP contribution >= 0.6 is 15.9 Å². The SMILES string of the molecule is O=C(OCC(=O)N1CCN(C(=O)c2ccco2)CC1)c1cncc(Br)c1. The first kappa shape index (κ1) is 18.1. The van der Waals surface area contributed by atoms with Gasteiger partial charge < -0.3 is 19.0 Å². The fourth-order valence-corrected chi connectivity index (χ4v) is 2.91. The number of nitrogens with zero attached hydrogens (tertiary/aromatic N) is 3. The van der Waals surface area contributed by atoms with Crippen molar-refractivity contribution >= 4 is 33.7 Å². The average Bonchev–Trinajstić information content (AvgIpc) is 3.20. The molecule has 0 saturated carbocycles. The lowest BCUT2D eigenvalue weighted by atomic mass is 10.2. The molecule has 8 nitrogen and oxygen atoms in total. The summed E-state index contributed by atoms with van der Waals surface area (Å²) in [5, 5.41) is 0. The summed E-state index contributed by atoms with van der Waals surface area (Å²) in [5.41, 5.74) is 0.265. The molecule has 3 rings (SSSR count). The zero-order valence-corrected chi connectivity index (χ0v) is 15.3. The van der Waals surface area contributed by atoms with Gasteiger partial charge in [0.05, 0.1) is 11.8 Å². The fourth-order valence-electron chi connectivity index (χ4n) is 2.54. The Bertz CT molecular complexity index is 800. The van der Waals surface area contributed by atoms with Gasteiger partial charge in [-0.3, -0.25) is 14.6 Å². The number of pyridine rings is 1. The molecule has 1 aliphatic heterocycles. The largest absolute Gasteiger partial charge is 0.459 e. The van der Waals surface area contributed by atoms with E-state index in [9.17, 15) is 14.4 Å². The van der Waals surface area contributed by atoms with Gasteiger partial charge in [0.2, 0.25) is 0 Å². The van der Waals surface area contributed by atoms with Crippen LogP contribution in [0.25, 0.3) is 0 Å². The number of hydrogen-bond donors (Lipinski definition) is 0. The minimum absolute atomic E-state index is 0.198. The number of piperazine rings is 1. The van der Waals surface area contributed by atoms with Crippen LogP contribution in [0.1, 0.15) is 20.9 Å². The van der Waals surface area contributed by atoms with Gasteiger partial charge in [-0.25, -0.2) is 4.79 Å². The summed E-state index contributed by atoms with van der Waals surface area (Å²) in [7, 11) is 0. The molecule has 136 valence electrons. The number of carbonyl (C=O) groups excluding carboxylic acids is 3. The summed E-state index contributed by atoms with van der Waals surface area (Å²) < 4.78 is 10.8. The maximum absolute atomic E-state index is 12.2. The Labute approximate surface area is 157 Å². The number of carbonyl (C=O) groups is 3. The van der Waals surface area contributed by atoms with Crippen LogP contribution in [-0.4, -0.2) is 65.4 Å². The lowest BCUT2D eigenvalue weighted by Crippen LogP contribution is -2.51. The van der Waals surface area contributed by atoms with Crippen molar-refractivity contribution in [1.29, 1.82) is 0 Å². The summed E-state index contributed by atoms with van der Waals surface area (Å²) >= 11 is 3.22. The molecule has 26 heavy (non-hydrogen) atoms. The topological polar surface area (TPSA) is 93.0 Å². The molecular formula is C17H16BrN3O5. The van der Waals surface area contributed by atoms with E-state index in [1.165, 1.54) is 12.5 Å². The minimum Gasteiger partial charge on any atom is -0.459 e. The highest BCUT2D eigenvalue weighted by atomic mass is 79.9. The second-order valence-electron chi connectivity index (χ2n) is 5.62. The monoisotopic (exact) mass is 421 g/mol. The number of aromatic nitrogens is 1. The van der Waals surface area contributed by atoms with Crippen LogP contribution in [0.4, 0.5) is 0 Å².